The summed E-state index contributed by atoms with van der Waals surface area (Å²) in [6, 6.07) is 7.29. The molecule has 0 aliphatic carbocycles. The number of rotatable bonds is 9. The summed E-state index contributed by atoms with van der Waals surface area (Å²) in [6.45, 7) is 4.41. The van der Waals surface area contributed by atoms with Crippen LogP contribution in [0, 0.1) is 0 Å². The molecule has 0 radical (unpaired) electrons. The van der Waals surface area contributed by atoms with E-state index in [1.807, 2.05) is 18.2 Å². The topological polar surface area (TPSA) is 44.8 Å². The van der Waals surface area contributed by atoms with Crippen molar-refractivity contribution in [3.05, 3.63) is 35.4 Å². The zero-order valence-electron chi connectivity index (χ0n) is 11.7. The molecule has 4 heteroatoms. The van der Waals surface area contributed by atoms with Gasteiger partial charge in [0.25, 0.3) is 0 Å². The molecule has 1 aromatic rings. The third-order valence-corrected chi connectivity index (χ3v) is 2.69. The molecule has 0 saturated carbocycles. The zero-order valence-corrected chi connectivity index (χ0v) is 11.7. The predicted molar refractivity (Wildman–Crippen MR) is 73.2 cm³/mol. The van der Waals surface area contributed by atoms with E-state index in [9.17, 15) is 4.79 Å². The third-order valence-electron chi connectivity index (χ3n) is 2.69. The lowest BCUT2D eigenvalue weighted by Gasteiger charge is -2.09. The standard InChI is InChI=1S/C15H22O4/c1-3-4-9-18-10-11-19-12-13-7-5-6-8-14(13)15(16)17-2/h5-8H,3-4,9-12H2,1-2H3. The van der Waals surface area contributed by atoms with Crippen molar-refractivity contribution in [3.8, 4) is 0 Å². The fraction of sp³-hybridized carbons (Fsp3) is 0.533. The summed E-state index contributed by atoms with van der Waals surface area (Å²) in [7, 11) is 1.38. The number of unbranched alkanes of at least 4 members (excludes halogenated alkanes) is 1. The Hall–Kier alpha value is -1.39. The Bertz CT molecular complexity index is 376. The van der Waals surface area contributed by atoms with Crippen LogP contribution in [0.5, 0.6) is 0 Å². The molecule has 0 aromatic heterocycles. The van der Waals surface area contributed by atoms with Crippen LogP contribution in [-0.2, 0) is 20.8 Å². The first kappa shape index (κ1) is 15.7. The number of esters is 1. The number of benzene rings is 1. The summed E-state index contributed by atoms with van der Waals surface area (Å²) < 4.78 is 15.6. The van der Waals surface area contributed by atoms with Gasteiger partial charge in [0.05, 0.1) is 32.5 Å². The van der Waals surface area contributed by atoms with Crippen molar-refractivity contribution in [3.63, 3.8) is 0 Å². The van der Waals surface area contributed by atoms with Gasteiger partial charge in [0.2, 0.25) is 0 Å². The SMILES string of the molecule is CCCCOCCOCc1ccccc1C(=O)OC. The van der Waals surface area contributed by atoms with Gasteiger partial charge in [-0.05, 0) is 18.1 Å². The lowest BCUT2D eigenvalue weighted by Crippen LogP contribution is -2.09. The van der Waals surface area contributed by atoms with Crippen LogP contribution in [0.15, 0.2) is 24.3 Å². The van der Waals surface area contributed by atoms with E-state index in [-0.39, 0.29) is 5.97 Å². The molecule has 0 heterocycles. The molecule has 19 heavy (non-hydrogen) atoms. The van der Waals surface area contributed by atoms with Gasteiger partial charge >= 0.3 is 5.97 Å². The quantitative estimate of drug-likeness (QED) is 0.509. The molecule has 1 aromatic carbocycles. The molecular formula is C15H22O4. The van der Waals surface area contributed by atoms with Gasteiger partial charge < -0.3 is 14.2 Å². The molecule has 106 valence electrons. The highest BCUT2D eigenvalue weighted by Gasteiger charge is 2.10. The second kappa shape index (κ2) is 9.53. The summed E-state index contributed by atoms with van der Waals surface area (Å²) in [5.41, 5.74) is 1.39. The monoisotopic (exact) mass is 266 g/mol. The van der Waals surface area contributed by atoms with Gasteiger partial charge in [0, 0.05) is 6.61 Å². The molecule has 0 amide bonds. The number of carbonyl (C=O) groups excluding carboxylic acids is 1. The van der Waals surface area contributed by atoms with E-state index < -0.39 is 0 Å². The lowest BCUT2D eigenvalue weighted by atomic mass is 10.1. The van der Waals surface area contributed by atoms with Gasteiger partial charge in [-0.2, -0.15) is 0 Å². The maximum atomic E-state index is 11.5. The molecule has 0 aliphatic heterocycles. The molecule has 0 aliphatic rings. The number of methoxy groups -OCH3 is 1. The molecule has 0 unspecified atom stereocenters. The molecule has 4 nitrogen and oxygen atoms in total. The zero-order chi connectivity index (χ0) is 13.9. The van der Waals surface area contributed by atoms with Crippen LogP contribution < -0.4 is 0 Å². The second-order valence-electron chi connectivity index (χ2n) is 4.17. The summed E-state index contributed by atoms with van der Waals surface area (Å²) in [5.74, 6) is -0.335. The van der Waals surface area contributed by atoms with Crippen LogP contribution >= 0.6 is 0 Å². The van der Waals surface area contributed by atoms with Crippen LogP contribution in [0.3, 0.4) is 0 Å². The van der Waals surface area contributed by atoms with Crippen LogP contribution in [-0.4, -0.2) is 32.9 Å². The van der Waals surface area contributed by atoms with Crippen molar-refractivity contribution in [1.82, 2.24) is 0 Å². The van der Waals surface area contributed by atoms with E-state index in [1.54, 1.807) is 6.07 Å². The van der Waals surface area contributed by atoms with E-state index >= 15 is 0 Å². The maximum Gasteiger partial charge on any atom is 0.338 e. The van der Waals surface area contributed by atoms with Gasteiger partial charge in [-0.25, -0.2) is 4.79 Å². The van der Waals surface area contributed by atoms with Crippen LogP contribution in [0.25, 0.3) is 0 Å². The largest absolute Gasteiger partial charge is 0.465 e. The van der Waals surface area contributed by atoms with Gasteiger partial charge in [0.15, 0.2) is 0 Å². The molecule has 0 atom stereocenters. The Morgan fingerprint density at radius 2 is 1.84 bits per heavy atom. The van der Waals surface area contributed by atoms with Crippen molar-refractivity contribution in [2.24, 2.45) is 0 Å². The number of hydrogen-bond donors (Lipinski definition) is 0. The Labute approximate surface area is 114 Å². The van der Waals surface area contributed by atoms with E-state index in [2.05, 4.69) is 6.92 Å². The first-order chi connectivity index (χ1) is 9.29. The van der Waals surface area contributed by atoms with Gasteiger partial charge in [-0.15, -0.1) is 0 Å². The lowest BCUT2D eigenvalue weighted by molar-refractivity contribution is 0.0386. The average Bonchev–Trinajstić information content (AvgIpc) is 2.46. The molecule has 0 bridgehead atoms. The molecule has 0 spiro atoms. The van der Waals surface area contributed by atoms with E-state index in [0.29, 0.717) is 25.4 Å². The minimum Gasteiger partial charge on any atom is -0.465 e. The van der Waals surface area contributed by atoms with Crippen molar-refractivity contribution in [1.29, 1.82) is 0 Å². The van der Waals surface area contributed by atoms with Crippen molar-refractivity contribution in [2.45, 2.75) is 26.4 Å². The fourth-order valence-electron chi connectivity index (χ4n) is 1.60. The summed E-state index contributed by atoms with van der Waals surface area (Å²) in [4.78, 5) is 11.5. The van der Waals surface area contributed by atoms with Gasteiger partial charge in [-0.1, -0.05) is 31.5 Å². The van der Waals surface area contributed by atoms with Crippen molar-refractivity contribution >= 4 is 5.97 Å². The molecule has 0 N–H and O–H groups in total. The first-order valence-electron chi connectivity index (χ1n) is 6.61. The predicted octanol–water partition coefficient (Wildman–Crippen LogP) is 2.81. The molecule has 0 saturated heterocycles. The summed E-state index contributed by atoms with van der Waals surface area (Å²) >= 11 is 0. The Kier molecular flexibility index (Phi) is 7.86. The van der Waals surface area contributed by atoms with Crippen molar-refractivity contribution < 1.29 is 19.0 Å². The molecule has 1 rings (SSSR count). The van der Waals surface area contributed by atoms with Gasteiger partial charge in [0.1, 0.15) is 0 Å². The van der Waals surface area contributed by atoms with E-state index in [1.165, 1.54) is 7.11 Å². The minimum absolute atomic E-state index is 0.335. The summed E-state index contributed by atoms with van der Waals surface area (Å²) in [5, 5.41) is 0. The van der Waals surface area contributed by atoms with Gasteiger partial charge in [-0.3, -0.25) is 0 Å². The van der Waals surface area contributed by atoms with Crippen LogP contribution in [0.1, 0.15) is 35.7 Å². The number of carbonyl (C=O) groups is 1. The highest BCUT2D eigenvalue weighted by atomic mass is 16.5. The van der Waals surface area contributed by atoms with E-state index in [4.69, 9.17) is 14.2 Å². The first-order valence-corrected chi connectivity index (χ1v) is 6.61. The third kappa shape index (κ3) is 5.85. The van der Waals surface area contributed by atoms with E-state index in [0.717, 1.165) is 25.0 Å². The highest BCUT2D eigenvalue weighted by Crippen LogP contribution is 2.11. The second-order valence-corrected chi connectivity index (χ2v) is 4.17. The van der Waals surface area contributed by atoms with Crippen LogP contribution in [0.4, 0.5) is 0 Å². The Morgan fingerprint density at radius 1 is 1.11 bits per heavy atom. The normalized spacial score (nSPS) is 10.4. The van der Waals surface area contributed by atoms with Crippen LogP contribution in [0.2, 0.25) is 0 Å². The molecular weight excluding hydrogens is 244 g/mol. The fourth-order valence-corrected chi connectivity index (χ4v) is 1.60. The highest BCUT2D eigenvalue weighted by molar-refractivity contribution is 5.90. The van der Waals surface area contributed by atoms with Crippen molar-refractivity contribution in [2.75, 3.05) is 26.9 Å². The Morgan fingerprint density at radius 3 is 2.58 bits per heavy atom. The summed E-state index contributed by atoms with van der Waals surface area (Å²) in [6.07, 6.45) is 2.21. The number of hydrogen-bond acceptors (Lipinski definition) is 4. The maximum absolute atomic E-state index is 11.5. The average molecular weight is 266 g/mol. The smallest absolute Gasteiger partial charge is 0.338 e. The molecule has 0 fully saturated rings. The Balaban J connectivity index is 2.31. The minimum atomic E-state index is -0.335. The number of ether oxygens (including phenoxy) is 3.